The van der Waals surface area contributed by atoms with E-state index in [0.29, 0.717) is 6.20 Å². The van der Waals surface area contributed by atoms with Gasteiger partial charge in [-0.1, -0.05) is 0 Å². The molecule has 1 aromatic heterocycles. The monoisotopic (exact) mass is 221 g/mol. The fourth-order valence-electron chi connectivity index (χ4n) is 1.04. The molecule has 0 aliphatic heterocycles. The number of nitrogens with zero attached hydrogens (tertiary/aromatic N) is 1. The molecule has 82 valence electrons. The molecule has 0 spiro atoms. The predicted molar refractivity (Wildman–Crippen MR) is 42.2 cm³/mol. The van der Waals surface area contributed by atoms with Crippen LogP contribution in [0.25, 0.3) is 0 Å². The molecule has 0 saturated carbocycles. The minimum absolute atomic E-state index is 0.516. The van der Waals surface area contributed by atoms with Gasteiger partial charge in [-0.25, -0.2) is 13.2 Å². The molecule has 0 saturated heterocycles. The second kappa shape index (κ2) is 4.16. The summed E-state index contributed by atoms with van der Waals surface area (Å²) < 4.78 is 37.7. The third kappa shape index (κ3) is 2.36. The van der Waals surface area contributed by atoms with Crippen molar-refractivity contribution in [1.82, 2.24) is 4.98 Å². The average Bonchev–Trinajstić information content (AvgIpc) is 2.12. The third-order valence-corrected chi connectivity index (χ3v) is 1.66. The van der Waals surface area contributed by atoms with E-state index in [0.717, 1.165) is 0 Å². The zero-order valence-corrected chi connectivity index (χ0v) is 7.25. The zero-order valence-electron chi connectivity index (χ0n) is 7.25. The van der Waals surface area contributed by atoms with Crippen LogP contribution in [0.3, 0.4) is 0 Å². The molecule has 0 atom stereocenters. The molecule has 2 N–H and O–H groups in total. The molecular formula is C8H6F3NO3. The number of pyridine rings is 1. The highest BCUT2D eigenvalue weighted by Gasteiger charge is 2.22. The fourth-order valence-corrected chi connectivity index (χ4v) is 1.04. The van der Waals surface area contributed by atoms with Crippen molar-refractivity contribution in [3.63, 3.8) is 0 Å². The minimum atomic E-state index is -3.09. The number of carbonyl (C=O) groups is 1. The van der Waals surface area contributed by atoms with E-state index in [1.165, 1.54) is 0 Å². The first kappa shape index (κ1) is 11.3. The quantitative estimate of drug-likeness (QED) is 0.811. The van der Waals surface area contributed by atoms with E-state index in [9.17, 15) is 18.0 Å². The molecule has 4 nitrogen and oxygen atoms in total. The van der Waals surface area contributed by atoms with Gasteiger partial charge in [0.15, 0.2) is 11.6 Å². The van der Waals surface area contributed by atoms with Gasteiger partial charge >= 0.3 is 5.97 Å². The van der Waals surface area contributed by atoms with Crippen molar-refractivity contribution in [1.29, 1.82) is 0 Å². The van der Waals surface area contributed by atoms with Gasteiger partial charge in [-0.3, -0.25) is 9.78 Å². The number of alkyl halides is 2. The lowest BCUT2D eigenvalue weighted by Gasteiger charge is -2.07. The first-order chi connectivity index (χ1) is 6.93. The van der Waals surface area contributed by atoms with Crippen LogP contribution in [0.15, 0.2) is 6.20 Å². The van der Waals surface area contributed by atoms with Crippen LogP contribution in [-0.2, 0) is 11.2 Å². The van der Waals surface area contributed by atoms with E-state index in [1.807, 2.05) is 0 Å². The minimum Gasteiger partial charge on any atom is -0.504 e. The standard InChI is InChI=1S/C8H6F3NO3/c9-6-3(1-5(14)15)7(8(10)11)12-2-4(6)13/h2,8,13H,1H2,(H,14,15). The summed E-state index contributed by atoms with van der Waals surface area (Å²) in [4.78, 5) is 13.4. The normalized spacial score (nSPS) is 10.7. The number of aliphatic carboxylic acids is 1. The Balaban J connectivity index is 3.28. The highest BCUT2D eigenvalue weighted by atomic mass is 19.3. The summed E-state index contributed by atoms with van der Waals surface area (Å²) in [6.45, 7) is 0. The Labute approximate surface area is 82.0 Å². The second-order valence-electron chi connectivity index (χ2n) is 2.69. The SMILES string of the molecule is O=C(O)Cc1c(C(F)F)ncc(O)c1F. The van der Waals surface area contributed by atoms with Gasteiger partial charge in [0, 0.05) is 5.56 Å². The third-order valence-electron chi connectivity index (χ3n) is 1.66. The van der Waals surface area contributed by atoms with Gasteiger partial charge < -0.3 is 10.2 Å². The van der Waals surface area contributed by atoms with Gasteiger partial charge in [0.25, 0.3) is 6.43 Å². The van der Waals surface area contributed by atoms with E-state index in [4.69, 9.17) is 10.2 Å². The lowest BCUT2D eigenvalue weighted by Crippen LogP contribution is -2.08. The summed E-state index contributed by atoms with van der Waals surface area (Å²) >= 11 is 0. The van der Waals surface area contributed by atoms with Crippen LogP contribution in [0, 0.1) is 5.82 Å². The molecule has 1 heterocycles. The van der Waals surface area contributed by atoms with Crippen molar-refractivity contribution in [2.45, 2.75) is 12.8 Å². The molecule has 0 bridgehead atoms. The molecule has 0 radical (unpaired) electrons. The highest BCUT2D eigenvalue weighted by Crippen LogP contribution is 2.27. The summed E-state index contributed by atoms with van der Waals surface area (Å²) in [5.74, 6) is -3.80. The molecule has 0 aromatic carbocycles. The van der Waals surface area contributed by atoms with Gasteiger partial charge in [-0.2, -0.15) is 0 Å². The predicted octanol–water partition coefficient (Wildman–Crippen LogP) is 1.49. The maximum Gasteiger partial charge on any atom is 0.308 e. The molecule has 15 heavy (non-hydrogen) atoms. The fraction of sp³-hybridized carbons (Fsp3) is 0.250. The summed E-state index contributed by atoms with van der Waals surface area (Å²) in [5, 5.41) is 17.2. The number of carboxylic acid groups (broad SMARTS) is 1. The number of hydrogen-bond donors (Lipinski definition) is 2. The largest absolute Gasteiger partial charge is 0.504 e. The van der Waals surface area contributed by atoms with Crippen LogP contribution in [0.5, 0.6) is 5.75 Å². The molecule has 0 fully saturated rings. The van der Waals surface area contributed by atoms with E-state index >= 15 is 0 Å². The van der Waals surface area contributed by atoms with Crippen LogP contribution < -0.4 is 0 Å². The average molecular weight is 221 g/mol. The van der Waals surface area contributed by atoms with Crippen molar-refractivity contribution in [2.24, 2.45) is 0 Å². The van der Waals surface area contributed by atoms with E-state index < -0.39 is 41.6 Å². The van der Waals surface area contributed by atoms with Gasteiger partial charge in [0.1, 0.15) is 5.69 Å². The first-order valence-corrected chi connectivity index (χ1v) is 3.79. The number of aromatic nitrogens is 1. The summed E-state index contributed by atoms with van der Waals surface area (Å²) in [6.07, 6.45) is -3.52. The number of carboxylic acids is 1. The molecule has 0 amide bonds. The van der Waals surface area contributed by atoms with Crippen LogP contribution in [-0.4, -0.2) is 21.2 Å². The van der Waals surface area contributed by atoms with Crippen molar-refractivity contribution < 1.29 is 28.2 Å². The molecular weight excluding hydrogens is 215 g/mol. The number of hydrogen-bond acceptors (Lipinski definition) is 3. The molecule has 0 unspecified atom stereocenters. The maximum absolute atomic E-state index is 13.1. The van der Waals surface area contributed by atoms with Crippen molar-refractivity contribution in [2.75, 3.05) is 0 Å². The lowest BCUT2D eigenvalue weighted by atomic mass is 10.1. The van der Waals surface area contributed by atoms with Crippen molar-refractivity contribution in [3.05, 3.63) is 23.3 Å². The Morgan fingerprint density at radius 1 is 1.53 bits per heavy atom. The summed E-state index contributed by atoms with van der Waals surface area (Å²) in [7, 11) is 0. The van der Waals surface area contributed by atoms with Gasteiger partial charge in [0.2, 0.25) is 0 Å². The lowest BCUT2D eigenvalue weighted by molar-refractivity contribution is -0.136. The topological polar surface area (TPSA) is 70.4 Å². The van der Waals surface area contributed by atoms with E-state index in [1.54, 1.807) is 0 Å². The Kier molecular flexibility index (Phi) is 3.13. The van der Waals surface area contributed by atoms with Crippen LogP contribution in [0.4, 0.5) is 13.2 Å². The van der Waals surface area contributed by atoms with Crippen molar-refractivity contribution in [3.8, 4) is 5.75 Å². The highest BCUT2D eigenvalue weighted by molar-refractivity contribution is 5.70. The summed E-state index contributed by atoms with van der Waals surface area (Å²) in [5.41, 5.74) is -1.76. The number of aromatic hydroxyl groups is 1. The van der Waals surface area contributed by atoms with Gasteiger partial charge in [-0.15, -0.1) is 0 Å². The summed E-state index contributed by atoms with van der Waals surface area (Å²) in [6, 6.07) is 0. The molecule has 0 aliphatic carbocycles. The first-order valence-electron chi connectivity index (χ1n) is 3.79. The van der Waals surface area contributed by atoms with E-state index in [2.05, 4.69) is 4.98 Å². The Morgan fingerprint density at radius 2 is 2.13 bits per heavy atom. The number of halogens is 3. The number of rotatable bonds is 3. The second-order valence-corrected chi connectivity index (χ2v) is 2.69. The smallest absolute Gasteiger partial charge is 0.308 e. The zero-order chi connectivity index (χ0) is 11.6. The van der Waals surface area contributed by atoms with Crippen LogP contribution in [0.1, 0.15) is 17.7 Å². The molecule has 1 rings (SSSR count). The van der Waals surface area contributed by atoms with Crippen LogP contribution >= 0.6 is 0 Å². The Morgan fingerprint density at radius 3 is 2.60 bits per heavy atom. The van der Waals surface area contributed by atoms with Gasteiger partial charge in [-0.05, 0) is 0 Å². The van der Waals surface area contributed by atoms with Crippen molar-refractivity contribution >= 4 is 5.97 Å². The Hall–Kier alpha value is -1.79. The molecule has 1 aromatic rings. The molecule has 0 aliphatic rings. The Bertz CT molecular complexity index is 395. The van der Waals surface area contributed by atoms with Gasteiger partial charge in [0.05, 0.1) is 12.6 Å². The molecule has 7 heteroatoms. The maximum atomic E-state index is 13.1. The van der Waals surface area contributed by atoms with Crippen LogP contribution in [0.2, 0.25) is 0 Å². The van der Waals surface area contributed by atoms with E-state index in [-0.39, 0.29) is 0 Å².